The van der Waals surface area contributed by atoms with Gasteiger partial charge < -0.3 is 29.4 Å². The van der Waals surface area contributed by atoms with Gasteiger partial charge in [-0.25, -0.2) is 23.7 Å². The minimum Gasteiger partial charge on any atom is -0.379 e. The largest absolute Gasteiger partial charge is 0.379 e. The number of piperidine rings is 1. The smallest absolute Gasteiger partial charge is 0.248 e. The number of fused-ring (bicyclic) bond motifs is 1. The lowest BCUT2D eigenvalue weighted by molar-refractivity contribution is -0.137. The molecule has 0 aliphatic carbocycles. The molecule has 0 radical (unpaired) electrons. The van der Waals surface area contributed by atoms with Crippen LogP contribution in [0.25, 0.3) is 22.4 Å². The second-order valence-electron chi connectivity index (χ2n) is 8.33. The van der Waals surface area contributed by atoms with E-state index >= 15 is 0 Å². The first-order chi connectivity index (χ1) is 17.5. The van der Waals surface area contributed by atoms with E-state index in [1.165, 1.54) is 6.07 Å². The van der Waals surface area contributed by atoms with Crippen LogP contribution in [0.1, 0.15) is 19.8 Å². The number of H-pyrrole nitrogens is 1. The number of nitrogens with one attached hydrogen (secondary N) is 2. The second-order valence-corrected chi connectivity index (χ2v) is 8.33. The summed E-state index contributed by atoms with van der Waals surface area (Å²) in [6.07, 6.45) is 5.31. The third-order valence-electron chi connectivity index (χ3n) is 5.77. The van der Waals surface area contributed by atoms with Gasteiger partial charge in [-0.05, 0) is 25.8 Å². The summed E-state index contributed by atoms with van der Waals surface area (Å²) < 4.78 is 44.2. The molecule has 2 N–H and O–H groups in total. The van der Waals surface area contributed by atoms with Gasteiger partial charge in [0, 0.05) is 42.9 Å². The van der Waals surface area contributed by atoms with Gasteiger partial charge in [0.2, 0.25) is 5.91 Å². The Labute approximate surface area is 207 Å². The molecule has 0 saturated carbocycles. The Morgan fingerprint density at radius 2 is 1.97 bits per heavy atom. The summed E-state index contributed by atoms with van der Waals surface area (Å²) in [7, 11) is 0. The molecule has 4 rings (SSSR count). The lowest BCUT2D eigenvalue weighted by atomic mass is 10.1. The van der Waals surface area contributed by atoms with Gasteiger partial charge in [0.25, 0.3) is 0 Å². The molecular formula is C24H30F2N6O4. The molecule has 0 bridgehead atoms. The topological polar surface area (TPSA) is 114 Å². The number of likely N-dealkylation sites (tertiary alicyclic amines) is 1. The number of pyridine rings is 1. The molecule has 4 heterocycles. The first kappa shape index (κ1) is 25.9. The summed E-state index contributed by atoms with van der Waals surface area (Å²) in [4.78, 5) is 29.6. The molecule has 0 unspecified atom stereocenters. The second kappa shape index (κ2) is 12.7. The van der Waals surface area contributed by atoms with Crippen molar-refractivity contribution in [2.75, 3.05) is 58.0 Å². The van der Waals surface area contributed by atoms with Crippen molar-refractivity contribution in [1.29, 1.82) is 0 Å². The van der Waals surface area contributed by atoms with Crippen molar-refractivity contribution in [1.82, 2.24) is 24.8 Å². The van der Waals surface area contributed by atoms with E-state index in [2.05, 4.69) is 25.3 Å². The maximum absolute atomic E-state index is 14.5. The van der Waals surface area contributed by atoms with Gasteiger partial charge in [0.05, 0.1) is 38.8 Å². The van der Waals surface area contributed by atoms with Crippen molar-refractivity contribution in [3.8, 4) is 11.4 Å². The summed E-state index contributed by atoms with van der Waals surface area (Å²) in [6.45, 7) is 5.25. The summed E-state index contributed by atoms with van der Waals surface area (Å²) >= 11 is 0. The maximum atomic E-state index is 14.5. The average molecular weight is 505 g/mol. The zero-order valence-electron chi connectivity index (χ0n) is 20.1. The zero-order valence-corrected chi connectivity index (χ0v) is 20.1. The predicted molar refractivity (Wildman–Crippen MR) is 128 cm³/mol. The van der Waals surface area contributed by atoms with Crippen LogP contribution in [-0.4, -0.2) is 89.5 Å². The highest BCUT2D eigenvalue weighted by Gasteiger charge is 2.25. The molecule has 1 atom stereocenters. The monoisotopic (exact) mass is 504 g/mol. The minimum absolute atomic E-state index is 0.0264. The number of nitrogens with zero attached hydrogens (tertiary/aromatic N) is 4. The molecule has 3 aromatic heterocycles. The van der Waals surface area contributed by atoms with E-state index in [0.717, 1.165) is 25.2 Å². The van der Waals surface area contributed by atoms with Gasteiger partial charge in [0.15, 0.2) is 17.5 Å². The summed E-state index contributed by atoms with van der Waals surface area (Å²) in [6, 6.07) is 1.14. The number of rotatable bonds is 12. The van der Waals surface area contributed by atoms with Gasteiger partial charge in [-0.2, -0.15) is 0 Å². The van der Waals surface area contributed by atoms with E-state index in [1.54, 1.807) is 11.1 Å². The Morgan fingerprint density at radius 3 is 2.81 bits per heavy atom. The number of carbonyl (C=O) groups excluding carboxylic acids is 1. The minimum atomic E-state index is -0.612. The van der Waals surface area contributed by atoms with Gasteiger partial charge in [-0.15, -0.1) is 0 Å². The Hall–Kier alpha value is -3.22. The van der Waals surface area contributed by atoms with Crippen LogP contribution >= 0.6 is 0 Å². The molecule has 3 aromatic rings. The zero-order chi connectivity index (χ0) is 25.3. The molecule has 36 heavy (non-hydrogen) atoms. The quantitative estimate of drug-likeness (QED) is 0.362. The first-order valence-electron chi connectivity index (χ1n) is 12.0. The average Bonchev–Trinajstić information content (AvgIpc) is 3.30. The van der Waals surface area contributed by atoms with Crippen LogP contribution in [0, 0.1) is 11.6 Å². The highest BCUT2D eigenvalue weighted by molar-refractivity contribution is 5.91. The van der Waals surface area contributed by atoms with Crippen LogP contribution in [0.15, 0.2) is 24.7 Å². The number of halogens is 2. The number of hydrogen-bond acceptors (Lipinski definition) is 8. The molecule has 0 aromatic carbocycles. The van der Waals surface area contributed by atoms with E-state index in [1.807, 2.05) is 6.92 Å². The van der Waals surface area contributed by atoms with Gasteiger partial charge in [-0.1, -0.05) is 0 Å². The molecule has 1 saturated heterocycles. The van der Waals surface area contributed by atoms with Crippen LogP contribution in [0.5, 0.6) is 0 Å². The van der Waals surface area contributed by atoms with E-state index in [9.17, 15) is 13.6 Å². The van der Waals surface area contributed by atoms with Crippen molar-refractivity contribution in [2.24, 2.45) is 0 Å². The Bertz CT molecular complexity index is 1160. The van der Waals surface area contributed by atoms with Crippen LogP contribution in [0.4, 0.5) is 14.6 Å². The molecular weight excluding hydrogens is 474 g/mol. The van der Waals surface area contributed by atoms with Crippen molar-refractivity contribution in [3.05, 3.63) is 36.3 Å². The van der Waals surface area contributed by atoms with Crippen molar-refractivity contribution in [2.45, 2.75) is 25.8 Å². The molecule has 1 aliphatic heterocycles. The molecule has 10 nitrogen and oxygen atoms in total. The van der Waals surface area contributed by atoms with Crippen molar-refractivity contribution >= 4 is 22.8 Å². The number of aromatic amines is 1. The maximum Gasteiger partial charge on any atom is 0.248 e. The van der Waals surface area contributed by atoms with Crippen LogP contribution in [0.2, 0.25) is 0 Å². The number of ether oxygens (including phenoxy) is 3. The summed E-state index contributed by atoms with van der Waals surface area (Å²) in [5, 5.41) is 3.61. The van der Waals surface area contributed by atoms with E-state index in [4.69, 9.17) is 14.2 Å². The fourth-order valence-electron chi connectivity index (χ4n) is 4.01. The number of anilines is 1. The van der Waals surface area contributed by atoms with Crippen molar-refractivity contribution in [3.63, 3.8) is 0 Å². The third-order valence-corrected chi connectivity index (χ3v) is 5.77. The summed E-state index contributed by atoms with van der Waals surface area (Å²) in [5.74, 6) is -0.975. The van der Waals surface area contributed by atoms with Gasteiger partial charge in [0.1, 0.15) is 18.1 Å². The van der Waals surface area contributed by atoms with E-state index in [0.29, 0.717) is 62.7 Å². The van der Waals surface area contributed by atoms with Gasteiger partial charge >= 0.3 is 0 Å². The number of aromatic nitrogens is 4. The normalized spacial score (nSPS) is 16.0. The fourth-order valence-corrected chi connectivity index (χ4v) is 4.01. The molecule has 1 amide bonds. The standard InChI is InChI=1S/C24H30F2N6O4/c1-2-34-6-7-35-8-9-36-15-21(33)32-5-3-4-17(14-32)30-24-20(26)13-29-23(31-24)19-12-28-22-18(19)10-16(25)11-27-22/h10-13,17H,2-9,14-15H2,1H3,(H,27,28)(H,29,30,31)/t17-/m1/s1. The third kappa shape index (κ3) is 6.71. The molecule has 0 spiro atoms. The first-order valence-corrected chi connectivity index (χ1v) is 12.0. The van der Waals surface area contributed by atoms with Crippen molar-refractivity contribution < 1.29 is 27.8 Å². The van der Waals surface area contributed by atoms with Crippen LogP contribution < -0.4 is 5.32 Å². The fraction of sp³-hybridized carbons (Fsp3) is 0.500. The summed E-state index contributed by atoms with van der Waals surface area (Å²) in [5.41, 5.74) is 0.995. The number of amides is 1. The van der Waals surface area contributed by atoms with Gasteiger partial charge in [-0.3, -0.25) is 4.79 Å². The Morgan fingerprint density at radius 1 is 1.17 bits per heavy atom. The molecule has 1 fully saturated rings. The Kier molecular flexibility index (Phi) is 9.09. The van der Waals surface area contributed by atoms with Crippen LogP contribution in [-0.2, 0) is 19.0 Å². The predicted octanol–water partition coefficient (Wildman–Crippen LogP) is 2.77. The Balaban J connectivity index is 1.31. The molecule has 194 valence electrons. The lowest BCUT2D eigenvalue weighted by Gasteiger charge is -2.33. The van der Waals surface area contributed by atoms with E-state index in [-0.39, 0.29) is 30.2 Å². The number of carbonyl (C=O) groups is 1. The molecule has 12 heteroatoms. The lowest BCUT2D eigenvalue weighted by Crippen LogP contribution is -2.46. The number of hydrogen-bond donors (Lipinski definition) is 2. The molecule has 1 aliphatic rings. The highest BCUT2D eigenvalue weighted by atomic mass is 19.1. The highest BCUT2D eigenvalue weighted by Crippen LogP contribution is 2.27. The van der Waals surface area contributed by atoms with E-state index < -0.39 is 11.6 Å². The van der Waals surface area contributed by atoms with Crippen LogP contribution in [0.3, 0.4) is 0 Å². The SMILES string of the molecule is CCOCCOCCOCC(=O)N1CCC[C@@H](Nc2nc(-c3c[nH]c4ncc(F)cc34)ncc2F)C1.